The van der Waals surface area contributed by atoms with Crippen LogP contribution in [-0.4, -0.2) is 60.5 Å². The fraction of sp³-hybridized carbons (Fsp3) is 0.815. The average Bonchev–Trinajstić information content (AvgIpc) is 3.29. The summed E-state index contributed by atoms with van der Waals surface area (Å²) in [6, 6.07) is -1.48. The van der Waals surface area contributed by atoms with Crippen molar-refractivity contribution >= 4 is 19.8 Å². The summed E-state index contributed by atoms with van der Waals surface area (Å²) in [5.41, 5.74) is 5.38. The first-order valence-corrected chi connectivity index (χ1v) is 28.2. The number of carboxylic acid groups (broad SMARTS) is 1. The first kappa shape index (κ1) is 62.9. The molecule has 0 saturated carbocycles. The van der Waals surface area contributed by atoms with Crippen molar-refractivity contribution in [3.05, 3.63) is 48.6 Å². The van der Waals surface area contributed by atoms with Crippen molar-refractivity contribution in [2.24, 2.45) is 5.73 Å². The Morgan fingerprint density at radius 2 is 0.846 bits per heavy atom. The van der Waals surface area contributed by atoms with E-state index in [2.05, 4.69) is 62.5 Å². The molecule has 0 spiro atoms. The number of unbranched alkanes of at least 4 members (excludes halogenated alkanes) is 29. The molecule has 10 nitrogen and oxygen atoms in total. The number of hydrogen-bond acceptors (Lipinski definition) is 8. The van der Waals surface area contributed by atoms with Crippen LogP contribution in [0.1, 0.15) is 245 Å². The van der Waals surface area contributed by atoms with E-state index in [1.165, 1.54) is 148 Å². The maximum atomic E-state index is 12.7. The van der Waals surface area contributed by atoms with E-state index in [1.54, 1.807) is 0 Å². The van der Waals surface area contributed by atoms with E-state index >= 15 is 0 Å². The molecule has 0 heterocycles. The lowest BCUT2D eigenvalue weighted by Crippen LogP contribution is -2.34. The minimum Gasteiger partial charge on any atom is -0.480 e. The molecule has 0 aromatic heterocycles. The van der Waals surface area contributed by atoms with Crippen LogP contribution in [0.2, 0.25) is 0 Å². The van der Waals surface area contributed by atoms with Gasteiger partial charge in [0, 0.05) is 13.0 Å². The van der Waals surface area contributed by atoms with Crippen LogP contribution in [0.3, 0.4) is 0 Å². The summed E-state index contributed by atoms with van der Waals surface area (Å²) in [6.07, 6.45) is 60.2. The first-order chi connectivity index (χ1) is 31.7. The van der Waals surface area contributed by atoms with Crippen LogP contribution in [-0.2, 0) is 32.7 Å². The Hall–Kier alpha value is -2.07. The van der Waals surface area contributed by atoms with E-state index in [1.807, 2.05) is 0 Å². The van der Waals surface area contributed by atoms with Gasteiger partial charge in [0.25, 0.3) is 0 Å². The van der Waals surface area contributed by atoms with Crippen molar-refractivity contribution in [1.82, 2.24) is 0 Å². The predicted octanol–water partition coefficient (Wildman–Crippen LogP) is 15.8. The van der Waals surface area contributed by atoms with Crippen LogP contribution in [0.25, 0.3) is 0 Å². The van der Waals surface area contributed by atoms with Crippen LogP contribution in [0, 0.1) is 0 Å². The Balaban J connectivity index is 4.15. The number of phosphoric acid groups is 1. The zero-order valence-electron chi connectivity index (χ0n) is 41.8. The highest BCUT2D eigenvalue weighted by molar-refractivity contribution is 7.47. The molecule has 0 radical (unpaired) electrons. The van der Waals surface area contributed by atoms with E-state index in [0.717, 1.165) is 70.6 Å². The SMILES string of the molecule is CCCCCCC/C=C\C/C=C\C/C=C\CCCCCCCCC(=O)OC(COCCCCCCCCCCCC/C=C\CCCCCCCCCC)COP(=O)(O)OCC(N)C(=O)O. The Kier molecular flexibility index (Phi) is 48.2. The first-order valence-electron chi connectivity index (χ1n) is 26.7. The third-order valence-corrected chi connectivity index (χ3v) is 12.5. The van der Waals surface area contributed by atoms with Crippen molar-refractivity contribution in [3.63, 3.8) is 0 Å². The van der Waals surface area contributed by atoms with Gasteiger partial charge in [0.2, 0.25) is 0 Å². The standard InChI is InChI=1S/C54H100NO9P/c1-3-5-7-9-11-13-15-17-19-21-23-25-27-29-31-33-35-37-39-41-43-45-47-61-48-51(49-62-65(59,60)63-50-52(55)54(57)58)64-53(56)46-44-42-40-38-36-34-32-30-28-26-24-22-20-18-16-14-12-10-8-6-4-2/h16,18,21-24,28,30,51-52H,3-15,17,19-20,25-27,29,31-50,55H2,1-2H3,(H,57,58)(H,59,60)/b18-16-,23-21-,24-22-,30-28-. The van der Waals surface area contributed by atoms with Gasteiger partial charge in [-0.2, -0.15) is 0 Å². The highest BCUT2D eigenvalue weighted by Crippen LogP contribution is 2.43. The highest BCUT2D eigenvalue weighted by atomic mass is 31.2. The monoisotopic (exact) mass is 938 g/mol. The molecule has 4 N–H and O–H groups in total. The minimum atomic E-state index is -4.63. The van der Waals surface area contributed by atoms with Crippen molar-refractivity contribution in [3.8, 4) is 0 Å². The number of hydrogen-bond donors (Lipinski definition) is 3. The maximum absolute atomic E-state index is 12.7. The van der Waals surface area contributed by atoms with Crippen LogP contribution in [0.15, 0.2) is 48.6 Å². The molecule has 0 bridgehead atoms. The molecule has 3 atom stereocenters. The van der Waals surface area contributed by atoms with Crippen LogP contribution >= 0.6 is 7.82 Å². The number of rotatable bonds is 51. The fourth-order valence-electron chi connectivity index (χ4n) is 7.43. The molecule has 0 aromatic rings. The molecule has 3 unspecified atom stereocenters. The summed E-state index contributed by atoms with van der Waals surface area (Å²) in [5, 5.41) is 8.94. The molecule has 65 heavy (non-hydrogen) atoms. The van der Waals surface area contributed by atoms with Crippen molar-refractivity contribution < 1.29 is 42.7 Å². The largest absolute Gasteiger partial charge is 0.480 e. The summed E-state index contributed by atoms with van der Waals surface area (Å²) in [6.45, 7) is 3.88. The van der Waals surface area contributed by atoms with Crippen molar-refractivity contribution in [1.29, 1.82) is 0 Å². The number of aliphatic carboxylic acids is 1. The van der Waals surface area contributed by atoms with Crippen LogP contribution < -0.4 is 5.73 Å². The molecule has 0 aliphatic heterocycles. The molecular weight excluding hydrogens is 838 g/mol. The van der Waals surface area contributed by atoms with Gasteiger partial charge in [-0.05, 0) is 77.0 Å². The Morgan fingerprint density at radius 1 is 0.492 bits per heavy atom. The molecule has 0 aromatic carbocycles. The molecule has 0 aliphatic rings. The number of allylic oxidation sites excluding steroid dienone is 8. The number of ether oxygens (including phenoxy) is 2. The topological polar surface area (TPSA) is 155 Å². The van der Waals surface area contributed by atoms with E-state index in [4.69, 9.17) is 29.4 Å². The normalized spacial score (nSPS) is 14.0. The number of phosphoric ester groups is 1. The number of carbonyl (C=O) groups is 2. The molecule has 0 amide bonds. The molecule has 380 valence electrons. The molecule has 0 rings (SSSR count). The van der Waals surface area contributed by atoms with E-state index < -0.39 is 45.1 Å². The maximum Gasteiger partial charge on any atom is 0.472 e. The minimum absolute atomic E-state index is 0.0107. The summed E-state index contributed by atoms with van der Waals surface area (Å²) in [5.74, 6) is -1.79. The van der Waals surface area contributed by atoms with Gasteiger partial charge in [0.15, 0.2) is 0 Å². The van der Waals surface area contributed by atoms with Gasteiger partial charge in [-0.25, -0.2) is 4.57 Å². The summed E-state index contributed by atoms with van der Waals surface area (Å²) < 4.78 is 33.5. The Labute approximate surface area is 399 Å². The quantitative estimate of drug-likeness (QED) is 0.0232. The second-order valence-electron chi connectivity index (χ2n) is 18.0. The third-order valence-electron chi connectivity index (χ3n) is 11.6. The number of carbonyl (C=O) groups excluding carboxylic acids is 1. The van der Waals surface area contributed by atoms with Gasteiger partial charge in [0.1, 0.15) is 12.1 Å². The van der Waals surface area contributed by atoms with Gasteiger partial charge >= 0.3 is 19.8 Å². The average molecular weight is 938 g/mol. The zero-order valence-corrected chi connectivity index (χ0v) is 42.7. The lowest BCUT2D eigenvalue weighted by molar-refractivity contribution is -0.154. The van der Waals surface area contributed by atoms with Gasteiger partial charge in [-0.3, -0.25) is 18.6 Å². The third kappa shape index (κ3) is 49.7. The lowest BCUT2D eigenvalue weighted by Gasteiger charge is -2.20. The van der Waals surface area contributed by atoms with Crippen molar-refractivity contribution in [2.75, 3.05) is 26.4 Å². The highest BCUT2D eigenvalue weighted by Gasteiger charge is 2.27. The summed E-state index contributed by atoms with van der Waals surface area (Å²) in [4.78, 5) is 33.7. The van der Waals surface area contributed by atoms with Crippen LogP contribution in [0.5, 0.6) is 0 Å². The predicted molar refractivity (Wildman–Crippen MR) is 272 cm³/mol. The van der Waals surface area contributed by atoms with E-state index in [-0.39, 0.29) is 13.0 Å². The number of esters is 1. The van der Waals surface area contributed by atoms with Gasteiger partial charge in [-0.15, -0.1) is 0 Å². The van der Waals surface area contributed by atoms with E-state index in [9.17, 15) is 19.0 Å². The fourth-order valence-corrected chi connectivity index (χ4v) is 8.21. The van der Waals surface area contributed by atoms with Gasteiger partial charge < -0.3 is 25.2 Å². The summed E-state index contributed by atoms with van der Waals surface area (Å²) >= 11 is 0. The number of carboxylic acids is 1. The van der Waals surface area contributed by atoms with Gasteiger partial charge in [-0.1, -0.05) is 210 Å². The number of nitrogens with two attached hydrogens (primary N) is 1. The zero-order chi connectivity index (χ0) is 47.6. The van der Waals surface area contributed by atoms with Crippen molar-refractivity contribution in [2.45, 2.75) is 257 Å². The Bertz CT molecular complexity index is 1220. The summed E-state index contributed by atoms with van der Waals surface area (Å²) in [7, 11) is -4.63. The lowest BCUT2D eigenvalue weighted by atomic mass is 10.1. The smallest absolute Gasteiger partial charge is 0.472 e. The second kappa shape index (κ2) is 49.8. The second-order valence-corrected chi connectivity index (χ2v) is 19.5. The van der Waals surface area contributed by atoms with Crippen LogP contribution in [0.4, 0.5) is 0 Å². The molecule has 0 aliphatic carbocycles. The molecular formula is C54H100NO9P. The Morgan fingerprint density at radius 3 is 1.28 bits per heavy atom. The molecule has 0 fully saturated rings. The molecule has 0 saturated heterocycles. The molecule has 11 heteroatoms. The van der Waals surface area contributed by atoms with E-state index in [0.29, 0.717) is 13.0 Å². The van der Waals surface area contributed by atoms with Gasteiger partial charge in [0.05, 0.1) is 19.8 Å².